The van der Waals surface area contributed by atoms with Crippen LogP contribution in [0.3, 0.4) is 0 Å². The van der Waals surface area contributed by atoms with Crippen LogP contribution in [0.25, 0.3) is 0 Å². The van der Waals surface area contributed by atoms with Crippen molar-refractivity contribution in [2.24, 2.45) is 17.6 Å². The Morgan fingerprint density at radius 2 is 1.95 bits per heavy atom. The Kier molecular flexibility index (Phi) is 7.09. The maximum atomic E-state index is 11.1. The molecular formula is C16H25NO3. The van der Waals surface area contributed by atoms with Crippen molar-refractivity contribution < 1.29 is 14.6 Å². The van der Waals surface area contributed by atoms with E-state index in [9.17, 15) is 4.79 Å². The van der Waals surface area contributed by atoms with Gasteiger partial charge in [-0.15, -0.1) is 0 Å². The molecule has 4 nitrogen and oxygen atoms in total. The fourth-order valence-electron chi connectivity index (χ4n) is 2.32. The summed E-state index contributed by atoms with van der Waals surface area (Å²) in [7, 11) is 0. The highest BCUT2D eigenvalue weighted by Gasteiger charge is 2.20. The van der Waals surface area contributed by atoms with Crippen LogP contribution in [0.15, 0.2) is 24.3 Å². The lowest BCUT2D eigenvalue weighted by atomic mass is 9.87. The van der Waals surface area contributed by atoms with Crippen LogP contribution in [0, 0.1) is 11.8 Å². The van der Waals surface area contributed by atoms with Crippen LogP contribution in [0.5, 0.6) is 5.75 Å². The minimum atomic E-state index is -0.794. The minimum absolute atomic E-state index is 0.203. The lowest BCUT2D eigenvalue weighted by Gasteiger charge is -2.19. The third kappa shape index (κ3) is 5.21. The standard InChI is InChI=1S/C16H25NO3/c1-3-12(10-14(11-17)16(18)19)9-13-5-7-15(8-6-13)20-4-2/h5-8,12,14H,3-4,9-11,17H2,1-2H3,(H,18,19). The SMILES string of the molecule is CCOc1ccc(CC(CC)CC(CN)C(=O)O)cc1. The minimum Gasteiger partial charge on any atom is -0.494 e. The molecule has 0 fully saturated rings. The summed E-state index contributed by atoms with van der Waals surface area (Å²) in [5, 5.41) is 9.08. The molecule has 0 radical (unpaired) electrons. The van der Waals surface area contributed by atoms with Gasteiger partial charge < -0.3 is 15.6 Å². The van der Waals surface area contributed by atoms with Gasteiger partial charge in [-0.25, -0.2) is 0 Å². The molecule has 0 amide bonds. The molecule has 2 atom stereocenters. The number of carboxylic acid groups (broad SMARTS) is 1. The van der Waals surface area contributed by atoms with E-state index in [1.165, 1.54) is 5.56 Å². The Morgan fingerprint density at radius 3 is 2.40 bits per heavy atom. The molecule has 0 aliphatic rings. The summed E-state index contributed by atoms with van der Waals surface area (Å²) in [5.74, 6) is -0.0208. The van der Waals surface area contributed by atoms with E-state index in [2.05, 4.69) is 6.92 Å². The molecule has 0 saturated carbocycles. The molecule has 0 aliphatic heterocycles. The van der Waals surface area contributed by atoms with Crippen LogP contribution in [0.4, 0.5) is 0 Å². The largest absolute Gasteiger partial charge is 0.494 e. The van der Waals surface area contributed by atoms with Gasteiger partial charge in [-0.2, -0.15) is 0 Å². The highest BCUT2D eigenvalue weighted by molar-refractivity contribution is 5.70. The molecular weight excluding hydrogens is 254 g/mol. The van der Waals surface area contributed by atoms with Crippen molar-refractivity contribution >= 4 is 5.97 Å². The molecule has 0 heterocycles. The van der Waals surface area contributed by atoms with Crippen molar-refractivity contribution in [3.8, 4) is 5.75 Å². The monoisotopic (exact) mass is 279 g/mol. The second-order valence-electron chi connectivity index (χ2n) is 5.06. The number of hydrogen-bond acceptors (Lipinski definition) is 3. The normalized spacial score (nSPS) is 13.8. The van der Waals surface area contributed by atoms with Gasteiger partial charge in [-0.1, -0.05) is 25.5 Å². The van der Waals surface area contributed by atoms with Crippen molar-refractivity contribution in [2.45, 2.75) is 33.1 Å². The fraction of sp³-hybridized carbons (Fsp3) is 0.562. The predicted octanol–water partition coefficient (Wildman–Crippen LogP) is 2.70. The molecule has 0 aromatic heterocycles. The second kappa shape index (κ2) is 8.59. The van der Waals surface area contributed by atoms with Crippen molar-refractivity contribution in [1.29, 1.82) is 0 Å². The molecule has 20 heavy (non-hydrogen) atoms. The van der Waals surface area contributed by atoms with Gasteiger partial charge in [0.05, 0.1) is 12.5 Å². The number of benzene rings is 1. The third-order valence-electron chi connectivity index (χ3n) is 3.59. The Morgan fingerprint density at radius 1 is 1.30 bits per heavy atom. The van der Waals surface area contributed by atoms with Gasteiger partial charge in [0.1, 0.15) is 5.75 Å². The van der Waals surface area contributed by atoms with E-state index >= 15 is 0 Å². The average molecular weight is 279 g/mol. The number of nitrogens with two attached hydrogens (primary N) is 1. The Bertz CT molecular complexity index is 403. The van der Waals surface area contributed by atoms with E-state index in [0.717, 1.165) is 18.6 Å². The zero-order valence-corrected chi connectivity index (χ0v) is 12.3. The predicted molar refractivity (Wildman–Crippen MR) is 79.9 cm³/mol. The third-order valence-corrected chi connectivity index (χ3v) is 3.59. The van der Waals surface area contributed by atoms with E-state index in [1.54, 1.807) is 0 Å². The van der Waals surface area contributed by atoms with Gasteiger partial charge in [-0.3, -0.25) is 4.79 Å². The van der Waals surface area contributed by atoms with Crippen LogP contribution in [0.1, 0.15) is 32.3 Å². The van der Waals surface area contributed by atoms with Crippen molar-refractivity contribution in [3.05, 3.63) is 29.8 Å². The van der Waals surface area contributed by atoms with Crippen LogP contribution < -0.4 is 10.5 Å². The van der Waals surface area contributed by atoms with E-state index < -0.39 is 11.9 Å². The van der Waals surface area contributed by atoms with Gasteiger partial charge in [0.25, 0.3) is 0 Å². The lowest BCUT2D eigenvalue weighted by molar-refractivity contribution is -0.142. The molecule has 0 saturated heterocycles. The first-order valence-electron chi connectivity index (χ1n) is 7.25. The summed E-state index contributed by atoms with van der Waals surface area (Å²) in [6.07, 6.45) is 2.47. The van der Waals surface area contributed by atoms with Gasteiger partial charge in [0.2, 0.25) is 0 Å². The van der Waals surface area contributed by atoms with Crippen LogP contribution >= 0.6 is 0 Å². The van der Waals surface area contributed by atoms with E-state index in [-0.39, 0.29) is 6.54 Å². The number of rotatable bonds is 9. The summed E-state index contributed by atoms with van der Waals surface area (Å²) >= 11 is 0. The number of aliphatic carboxylic acids is 1. The first kappa shape index (κ1) is 16.5. The summed E-state index contributed by atoms with van der Waals surface area (Å²) < 4.78 is 5.41. The van der Waals surface area contributed by atoms with E-state index in [0.29, 0.717) is 18.9 Å². The van der Waals surface area contributed by atoms with E-state index in [1.807, 2.05) is 31.2 Å². The number of carbonyl (C=O) groups is 1. The lowest BCUT2D eigenvalue weighted by Crippen LogP contribution is -2.26. The topological polar surface area (TPSA) is 72.5 Å². The smallest absolute Gasteiger partial charge is 0.307 e. The summed E-state index contributed by atoms with van der Waals surface area (Å²) in [5.41, 5.74) is 6.74. The quantitative estimate of drug-likeness (QED) is 0.729. The van der Waals surface area contributed by atoms with Crippen LogP contribution in [-0.4, -0.2) is 24.2 Å². The molecule has 0 spiro atoms. The molecule has 4 heteroatoms. The molecule has 1 rings (SSSR count). The maximum Gasteiger partial charge on any atom is 0.307 e. The van der Waals surface area contributed by atoms with Crippen molar-refractivity contribution in [3.63, 3.8) is 0 Å². The molecule has 2 unspecified atom stereocenters. The first-order valence-corrected chi connectivity index (χ1v) is 7.25. The zero-order valence-electron chi connectivity index (χ0n) is 12.3. The highest BCUT2D eigenvalue weighted by Crippen LogP contribution is 2.22. The molecule has 3 N–H and O–H groups in total. The number of carboxylic acids is 1. The van der Waals surface area contributed by atoms with E-state index in [4.69, 9.17) is 15.6 Å². The zero-order chi connectivity index (χ0) is 15.0. The number of ether oxygens (including phenoxy) is 1. The van der Waals surface area contributed by atoms with Crippen molar-refractivity contribution in [2.75, 3.05) is 13.2 Å². The molecule has 112 valence electrons. The Hall–Kier alpha value is -1.55. The molecule has 1 aromatic carbocycles. The Balaban J connectivity index is 2.61. The molecule has 0 bridgehead atoms. The highest BCUT2D eigenvalue weighted by atomic mass is 16.5. The summed E-state index contributed by atoms with van der Waals surface area (Å²) in [6, 6.07) is 8.02. The molecule has 0 aliphatic carbocycles. The van der Waals surface area contributed by atoms with Gasteiger partial charge >= 0.3 is 5.97 Å². The maximum absolute atomic E-state index is 11.1. The Labute approximate surface area is 120 Å². The van der Waals surface area contributed by atoms with Crippen LogP contribution in [0.2, 0.25) is 0 Å². The molecule has 1 aromatic rings. The van der Waals surface area contributed by atoms with Gasteiger partial charge in [-0.05, 0) is 43.4 Å². The van der Waals surface area contributed by atoms with Gasteiger partial charge in [0.15, 0.2) is 0 Å². The first-order chi connectivity index (χ1) is 9.60. The van der Waals surface area contributed by atoms with Crippen molar-refractivity contribution in [1.82, 2.24) is 0 Å². The summed E-state index contributed by atoms with van der Waals surface area (Å²) in [4.78, 5) is 11.1. The fourth-order valence-corrected chi connectivity index (χ4v) is 2.32. The average Bonchev–Trinajstić information content (AvgIpc) is 2.45. The van der Waals surface area contributed by atoms with Gasteiger partial charge in [0, 0.05) is 6.54 Å². The summed E-state index contributed by atoms with van der Waals surface area (Å²) in [6.45, 7) is 4.91. The second-order valence-corrected chi connectivity index (χ2v) is 5.06. The van der Waals surface area contributed by atoms with Crippen LogP contribution in [-0.2, 0) is 11.2 Å². The number of hydrogen-bond donors (Lipinski definition) is 2.